The van der Waals surface area contributed by atoms with Crippen LogP contribution in [0.4, 0.5) is 0 Å². The van der Waals surface area contributed by atoms with Crippen LogP contribution in [0, 0.1) is 0 Å². The third kappa shape index (κ3) is 4.94. The number of rotatable bonds is 7. The van der Waals surface area contributed by atoms with Gasteiger partial charge < -0.3 is 4.90 Å². The van der Waals surface area contributed by atoms with Crippen molar-refractivity contribution >= 4 is 35.1 Å². The number of hydrogen-bond donors (Lipinski definition) is 0. The summed E-state index contributed by atoms with van der Waals surface area (Å²) >= 11 is 6.04. The van der Waals surface area contributed by atoms with E-state index in [9.17, 15) is 4.79 Å². The van der Waals surface area contributed by atoms with E-state index in [0.29, 0.717) is 17.1 Å². The SMILES string of the molecule is C=NN(CC)/C(C)=C(\C)CN(C)C(=O)c1cc(-c2ccc(Cl)cc2)nc2ccccc12. The van der Waals surface area contributed by atoms with Crippen LogP contribution in [0.25, 0.3) is 22.2 Å². The van der Waals surface area contributed by atoms with Gasteiger partial charge >= 0.3 is 0 Å². The van der Waals surface area contributed by atoms with Gasteiger partial charge in [0.25, 0.3) is 5.91 Å². The first kappa shape index (κ1) is 22.5. The average molecular weight is 435 g/mol. The van der Waals surface area contributed by atoms with Gasteiger partial charge in [-0.05, 0) is 50.6 Å². The Bertz CT molecular complexity index is 1140. The standard InChI is InChI=1S/C25H27ClN4O/c1-6-30(27-4)18(3)17(2)16-29(5)25(31)22-15-24(19-11-13-20(26)14-12-19)28-23-10-8-7-9-21(22)23/h7-15H,4,6,16H2,1-3,5H3/b18-17+. The van der Waals surface area contributed by atoms with Crippen molar-refractivity contribution in [3.05, 3.63) is 76.5 Å². The van der Waals surface area contributed by atoms with Crippen LogP contribution >= 0.6 is 11.6 Å². The monoisotopic (exact) mass is 434 g/mol. The van der Waals surface area contributed by atoms with Crippen LogP contribution in [0.15, 0.2) is 71.0 Å². The molecule has 0 radical (unpaired) electrons. The first-order chi connectivity index (χ1) is 14.8. The van der Waals surface area contributed by atoms with Crippen molar-refractivity contribution in [1.82, 2.24) is 14.9 Å². The number of hydrazone groups is 1. The van der Waals surface area contributed by atoms with Gasteiger partial charge in [0.15, 0.2) is 0 Å². The van der Waals surface area contributed by atoms with E-state index in [2.05, 4.69) is 11.8 Å². The topological polar surface area (TPSA) is 48.8 Å². The maximum atomic E-state index is 13.5. The highest BCUT2D eigenvalue weighted by molar-refractivity contribution is 6.30. The van der Waals surface area contributed by atoms with E-state index in [1.807, 2.05) is 87.4 Å². The average Bonchev–Trinajstić information content (AvgIpc) is 2.78. The second-order valence-electron chi connectivity index (χ2n) is 7.46. The lowest BCUT2D eigenvalue weighted by Crippen LogP contribution is -2.30. The molecule has 0 fully saturated rings. The van der Waals surface area contributed by atoms with E-state index in [0.717, 1.165) is 40.0 Å². The summed E-state index contributed by atoms with van der Waals surface area (Å²) in [7, 11) is 1.81. The Balaban J connectivity index is 2.00. The molecule has 0 atom stereocenters. The van der Waals surface area contributed by atoms with Crippen molar-refractivity contribution in [1.29, 1.82) is 0 Å². The first-order valence-electron chi connectivity index (χ1n) is 10.2. The number of allylic oxidation sites excluding steroid dienone is 1. The van der Waals surface area contributed by atoms with Crippen LogP contribution in [-0.2, 0) is 0 Å². The molecule has 3 rings (SSSR count). The maximum absolute atomic E-state index is 13.5. The first-order valence-corrected chi connectivity index (χ1v) is 10.5. The number of hydrogen-bond acceptors (Lipinski definition) is 4. The molecule has 0 spiro atoms. The number of fused-ring (bicyclic) bond motifs is 1. The molecule has 0 saturated heterocycles. The third-order valence-electron chi connectivity index (χ3n) is 5.38. The molecule has 0 N–H and O–H groups in total. The molecule has 6 heteroatoms. The summed E-state index contributed by atoms with van der Waals surface area (Å²) in [6, 6.07) is 17.0. The lowest BCUT2D eigenvalue weighted by atomic mass is 10.0. The number of likely N-dealkylation sites (N-methyl/N-ethyl adjacent to an activating group) is 1. The molecule has 0 aliphatic rings. The van der Waals surface area contributed by atoms with Gasteiger partial charge in [-0.2, -0.15) is 5.10 Å². The fraction of sp³-hybridized carbons (Fsp3) is 0.240. The summed E-state index contributed by atoms with van der Waals surface area (Å²) in [6.07, 6.45) is 0. The molecule has 2 aromatic carbocycles. The molecule has 31 heavy (non-hydrogen) atoms. The Morgan fingerprint density at radius 2 is 1.81 bits per heavy atom. The number of amides is 1. The number of nitrogens with zero attached hydrogens (tertiary/aromatic N) is 4. The van der Waals surface area contributed by atoms with E-state index in [1.165, 1.54) is 0 Å². The van der Waals surface area contributed by atoms with Gasteiger partial charge in [0, 0.05) is 48.5 Å². The fourth-order valence-corrected chi connectivity index (χ4v) is 3.66. The van der Waals surface area contributed by atoms with Gasteiger partial charge in [-0.3, -0.25) is 9.80 Å². The van der Waals surface area contributed by atoms with Crippen LogP contribution in [-0.4, -0.2) is 47.7 Å². The van der Waals surface area contributed by atoms with E-state index in [1.54, 1.807) is 4.90 Å². The summed E-state index contributed by atoms with van der Waals surface area (Å²) < 4.78 is 0. The molecule has 0 aliphatic heterocycles. The number of halogens is 1. The van der Waals surface area contributed by atoms with E-state index in [-0.39, 0.29) is 5.91 Å². The maximum Gasteiger partial charge on any atom is 0.254 e. The Hall–Kier alpha value is -3.18. The van der Waals surface area contributed by atoms with Crippen molar-refractivity contribution in [3.8, 4) is 11.3 Å². The minimum absolute atomic E-state index is 0.0597. The number of benzene rings is 2. The smallest absolute Gasteiger partial charge is 0.254 e. The number of carbonyl (C=O) groups is 1. The molecule has 3 aromatic rings. The van der Waals surface area contributed by atoms with Crippen LogP contribution in [0.1, 0.15) is 31.1 Å². The summed E-state index contributed by atoms with van der Waals surface area (Å²) in [6.45, 7) is 10.9. The highest BCUT2D eigenvalue weighted by Crippen LogP contribution is 2.27. The number of aromatic nitrogens is 1. The van der Waals surface area contributed by atoms with Gasteiger partial charge in [-0.25, -0.2) is 4.98 Å². The van der Waals surface area contributed by atoms with Gasteiger partial charge in [-0.1, -0.05) is 41.9 Å². The highest BCUT2D eigenvalue weighted by atomic mass is 35.5. The van der Waals surface area contributed by atoms with Gasteiger partial charge in [-0.15, -0.1) is 0 Å². The molecular formula is C25H27ClN4O. The molecule has 1 amide bonds. The summed E-state index contributed by atoms with van der Waals surface area (Å²) in [5, 5.41) is 7.35. The van der Waals surface area contributed by atoms with E-state index in [4.69, 9.17) is 16.6 Å². The second kappa shape index (κ2) is 9.75. The minimum atomic E-state index is -0.0597. The molecule has 1 heterocycles. The highest BCUT2D eigenvalue weighted by Gasteiger charge is 2.18. The van der Waals surface area contributed by atoms with Crippen molar-refractivity contribution in [2.45, 2.75) is 20.8 Å². The summed E-state index contributed by atoms with van der Waals surface area (Å²) in [5.41, 5.74) is 5.11. The summed E-state index contributed by atoms with van der Waals surface area (Å²) in [4.78, 5) is 20.0. The van der Waals surface area contributed by atoms with Crippen molar-refractivity contribution < 1.29 is 4.79 Å². The summed E-state index contributed by atoms with van der Waals surface area (Å²) in [5.74, 6) is -0.0597. The molecule has 0 bridgehead atoms. The predicted molar refractivity (Wildman–Crippen MR) is 129 cm³/mol. The number of carbonyl (C=O) groups excluding carboxylic acids is 1. The Morgan fingerprint density at radius 1 is 1.13 bits per heavy atom. The zero-order valence-electron chi connectivity index (χ0n) is 18.4. The third-order valence-corrected chi connectivity index (χ3v) is 5.63. The molecule has 0 aliphatic carbocycles. The molecular weight excluding hydrogens is 408 g/mol. The number of pyridine rings is 1. The predicted octanol–water partition coefficient (Wildman–Crippen LogP) is 5.86. The van der Waals surface area contributed by atoms with Crippen molar-refractivity contribution in [2.75, 3.05) is 20.1 Å². The quantitative estimate of drug-likeness (QED) is 0.345. The van der Waals surface area contributed by atoms with Crippen LogP contribution in [0.5, 0.6) is 0 Å². The normalized spacial score (nSPS) is 11.8. The lowest BCUT2D eigenvalue weighted by Gasteiger charge is -2.23. The Kier molecular flexibility index (Phi) is 7.08. The van der Waals surface area contributed by atoms with Crippen molar-refractivity contribution in [3.63, 3.8) is 0 Å². The molecule has 1 aromatic heterocycles. The number of para-hydroxylation sites is 1. The van der Waals surface area contributed by atoms with Crippen LogP contribution in [0.2, 0.25) is 5.02 Å². The fourth-order valence-electron chi connectivity index (χ4n) is 3.53. The molecule has 160 valence electrons. The molecule has 5 nitrogen and oxygen atoms in total. The zero-order chi connectivity index (χ0) is 22.5. The zero-order valence-corrected chi connectivity index (χ0v) is 19.1. The van der Waals surface area contributed by atoms with Crippen LogP contribution in [0.3, 0.4) is 0 Å². The van der Waals surface area contributed by atoms with Gasteiger partial charge in [0.05, 0.1) is 16.8 Å². The minimum Gasteiger partial charge on any atom is -0.338 e. The van der Waals surface area contributed by atoms with E-state index < -0.39 is 0 Å². The Morgan fingerprint density at radius 3 is 2.45 bits per heavy atom. The molecule has 0 unspecified atom stereocenters. The largest absolute Gasteiger partial charge is 0.338 e. The lowest BCUT2D eigenvalue weighted by molar-refractivity contribution is 0.0808. The van der Waals surface area contributed by atoms with E-state index >= 15 is 0 Å². The van der Waals surface area contributed by atoms with Gasteiger partial charge in [0.1, 0.15) is 0 Å². The van der Waals surface area contributed by atoms with Crippen LogP contribution < -0.4 is 0 Å². The molecule has 0 saturated carbocycles. The Labute approximate surface area is 188 Å². The van der Waals surface area contributed by atoms with Gasteiger partial charge in [0.2, 0.25) is 0 Å². The van der Waals surface area contributed by atoms with Crippen molar-refractivity contribution in [2.24, 2.45) is 5.10 Å². The second-order valence-corrected chi connectivity index (χ2v) is 7.90.